The number of carbonyl (C=O) groups is 2. The number of halogens is 1. The Morgan fingerprint density at radius 1 is 1.21 bits per heavy atom. The third-order valence-corrected chi connectivity index (χ3v) is 3.26. The molecule has 1 fully saturated rings. The summed E-state index contributed by atoms with van der Waals surface area (Å²) in [5.41, 5.74) is 1.56. The quantitative estimate of drug-likeness (QED) is 0.703. The maximum absolute atomic E-state index is 11.7. The molecule has 0 unspecified atom stereocenters. The first-order valence-electron chi connectivity index (χ1n) is 5.79. The van der Waals surface area contributed by atoms with E-state index in [1.807, 2.05) is 19.1 Å². The van der Waals surface area contributed by atoms with Crippen molar-refractivity contribution in [2.24, 2.45) is 0 Å². The Hall–Kier alpha value is -1.34. The number of hydrogen-bond acceptors (Lipinski definition) is 5. The maximum atomic E-state index is 11.7. The zero-order valence-electron chi connectivity index (χ0n) is 10.7. The largest absolute Gasteiger partial charge is 0.636 e. The zero-order valence-corrected chi connectivity index (χ0v) is 12.3. The van der Waals surface area contributed by atoms with Gasteiger partial charge in [0.2, 0.25) is 0 Å². The van der Waals surface area contributed by atoms with Crippen LogP contribution in [0.25, 0.3) is 0 Å². The molecule has 19 heavy (non-hydrogen) atoms. The van der Waals surface area contributed by atoms with E-state index in [-0.39, 0.29) is 13.1 Å². The van der Waals surface area contributed by atoms with E-state index in [2.05, 4.69) is 15.9 Å². The van der Waals surface area contributed by atoms with Crippen LogP contribution in [-0.2, 0) is 18.9 Å². The highest BCUT2D eigenvalue weighted by molar-refractivity contribution is 9.10. The van der Waals surface area contributed by atoms with Gasteiger partial charge >= 0.3 is 19.1 Å². The van der Waals surface area contributed by atoms with E-state index in [4.69, 9.17) is 9.31 Å². The molecule has 1 aliphatic heterocycles. The van der Waals surface area contributed by atoms with Gasteiger partial charge in [-0.15, -0.1) is 0 Å². The van der Waals surface area contributed by atoms with Gasteiger partial charge in [0.15, 0.2) is 0 Å². The van der Waals surface area contributed by atoms with Gasteiger partial charge < -0.3 is 9.31 Å². The van der Waals surface area contributed by atoms with Gasteiger partial charge in [-0.1, -0.05) is 22.0 Å². The molecule has 1 aromatic carbocycles. The lowest BCUT2D eigenvalue weighted by atomic mass is 9.76. The van der Waals surface area contributed by atoms with Crippen LogP contribution >= 0.6 is 15.9 Å². The first-order valence-corrected chi connectivity index (χ1v) is 6.58. The second-order valence-corrected chi connectivity index (χ2v) is 5.40. The normalized spacial score (nSPS) is 17.5. The number of aryl methyl sites for hydroxylation is 1. The molecule has 0 amide bonds. The molecule has 1 aliphatic rings. The summed E-state index contributed by atoms with van der Waals surface area (Å²) in [6, 6.07) is 5.52. The van der Waals surface area contributed by atoms with Crippen molar-refractivity contribution >= 4 is 40.4 Å². The molecule has 0 atom stereocenters. The van der Waals surface area contributed by atoms with Crippen LogP contribution in [0.5, 0.6) is 0 Å². The Bertz CT molecular complexity index is 502. The number of hydrogen-bond donors (Lipinski definition) is 0. The van der Waals surface area contributed by atoms with Gasteiger partial charge in [0.1, 0.15) is 0 Å². The number of nitrogens with zero attached hydrogens (tertiary/aromatic N) is 1. The van der Waals surface area contributed by atoms with Gasteiger partial charge in [-0.25, -0.2) is 0 Å². The Labute approximate surface area is 120 Å². The predicted octanol–water partition coefficient (Wildman–Crippen LogP) is 0.485. The van der Waals surface area contributed by atoms with Crippen molar-refractivity contribution in [1.82, 2.24) is 4.90 Å². The highest BCUT2D eigenvalue weighted by Gasteiger charge is 2.34. The van der Waals surface area contributed by atoms with Crippen molar-refractivity contribution in [1.29, 1.82) is 0 Å². The van der Waals surface area contributed by atoms with Crippen molar-refractivity contribution in [2.75, 3.05) is 20.1 Å². The van der Waals surface area contributed by atoms with Crippen LogP contribution in [0.2, 0.25) is 0 Å². The number of rotatable bonds is 1. The van der Waals surface area contributed by atoms with Crippen LogP contribution in [0.3, 0.4) is 0 Å². The third kappa shape index (κ3) is 3.57. The monoisotopic (exact) mass is 325 g/mol. The van der Waals surface area contributed by atoms with Gasteiger partial charge in [-0.2, -0.15) is 0 Å². The lowest BCUT2D eigenvalue weighted by Crippen LogP contribution is -2.48. The van der Waals surface area contributed by atoms with E-state index >= 15 is 0 Å². The Balaban J connectivity index is 2.28. The van der Waals surface area contributed by atoms with Crippen LogP contribution in [0.4, 0.5) is 0 Å². The second kappa shape index (κ2) is 5.75. The van der Waals surface area contributed by atoms with Gasteiger partial charge in [0.05, 0.1) is 13.1 Å². The fourth-order valence-corrected chi connectivity index (χ4v) is 2.21. The minimum absolute atomic E-state index is 0.0681. The number of likely N-dealkylation sites (N-methyl/N-ethyl adjacent to an activating group) is 1. The molecule has 0 N–H and O–H groups in total. The Kier molecular flexibility index (Phi) is 4.26. The first kappa shape index (κ1) is 14.1. The summed E-state index contributed by atoms with van der Waals surface area (Å²) >= 11 is 3.35. The van der Waals surface area contributed by atoms with E-state index in [9.17, 15) is 9.59 Å². The summed E-state index contributed by atoms with van der Waals surface area (Å²) in [4.78, 5) is 24.9. The fraction of sp³-hybridized carbons (Fsp3) is 0.333. The summed E-state index contributed by atoms with van der Waals surface area (Å²) in [7, 11) is 0.680. The predicted molar refractivity (Wildman–Crippen MR) is 73.9 cm³/mol. The lowest BCUT2D eigenvalue weighted by molar-refractivity contribution is -0.145. The van der Waals surface area contributed by atoms with Gasteiger partial charge in [-0.05, 0) is 31.7 Å². The van der Waals surface area contributed by atoms with Crippen molar-refractivity contribution in [3.8, 4) is 0 Å². The molecule has 5 nitrogen and oxygen atoms in total. The lowest BCUT2D eigenvalue weighted by Gasteiger charge is -2.23. The maximum Gasteiger partial charge on any atom is 0.636 e. The molecule has 0 saturated carbocycles. The SMILES string of the molecule is Cc1ccc(Br)cc1B1OC(=O)CN(C)CC(=O)O1. The average Bonchev–Trinajstić information content (AvgIpc) is 2.29. The molecule has 100 valence electrons. The zero-order chi connectivity index (χ0) is 14.0. The fourth-order valence-electron chi connectivity index (χ4n) is 1.83. The Morgan fingerprint density at radius 3 is 2.37 bits per heavy atom. The van der Waals surface area contributed by atoms with Gasteiger partial charge in [0, 0.05) is 9.94 Å². The van der Waals surface area contributed by atoms with Gasteiger partial charge in [-0.3, -0.25) is 14.5 Å². The molecule has 1 aromatic rings. The van der Waals surface area contributed by atoms with Crippen LogP contribution < -0.4 is 5.46 Å². The minimum atomic E-state index is -0.980. The molecule has 0 spiro atoms. The van der Waals surface area contributed by atoms with E-state index in [0.717, 1.165) is 10.0 Å². The molecule has 0 radical (unpaired) electrons. The average molecular weight is 326 g/mol. The van der Waals surface area contributed by atoms with E-state index in [1.165, 1.54) is 0 Å². The Morgan fingerprint density at radius 2 is 1.79 bits per heavy atom. The van der Waals surface area contributed by atoms with Crippen molar-refractivity contribution in [3.63, 3.8) is 0 Å². The summed E-state index contributed by atoms with van der Waals surface area (Å²) in [5.74, 6) is -0.834. The second-order valence-electron chi connectivity index (χ2n) is 4.48. The summed E-state index contributed by atoms with van der Waals surface area (Å²) in [6.07, 6.45) is 0. The number of benzene rings is 1. The molecule has 1 heterocycles. The van der Waals surface area contributed by atoms with Crippen LogP contribution in [-0.4, -0.2) is 44.1 Å². The minimum Gasteiger partial charge on any atom is -0.494 e. The van der Waals surface area contributed by atoms with Crippen molar-refractivity contribution < 1.29 is 18.9 Å². The summed E-state index contributed by atoms with van der Waals surface area (Å²) < 4.78 is 11.3. The number of carbonyl (C=O) groups excluding carboxylic acids is 2. The molecule has 7 heteroatoms. The van der Waals surface area contributed by atoms with Crippen LogP contribution in [0.1, 0.15) is 5.56 Å². The highest BCUT2D eigenvalue weighted by atomic mass is 79.9. The topological polar surface area (TPSA) is 55.8 Å². The van der Waals surface area contributed by atoms with E-state index < -0.39 is 19.1 Å². The van der Waals surface area contributed by atoms with Crippen LogP contribution in [0.15, 0.2) is 22.7 Å². The van der Waals surface area contributed by atoms with E-state index in [1.54, 1.807) is 18.0 Å². The van der Waals surface area contributed by atoms with E-state index in [0.29, 0.717) is 5.46 Å². The molecule has 0 bridgehead atoms. The summed E-state index contributed by atoms with van der Waals surface area (Å²) in [6.45, 7) is 2.01. The third-order valence-electron chi connectivity index (χ3n) is 2.77. The molecule has 2 rings (SSSR count). The highest BCUT2D eigenvalue weighted by Crippen LogP contribution is 2.11. The standard InChI is InChI=1S/C12H13BBrNO4/c1-8-3-4-9(14)5-10(8)13-18-11(16)6-15(2)7-12(17)19-13/h3-5H,6-7H2,1-2H3. The van der Waals surface area contributed by atoms with Gasteiger partial charge in [0.25, 0.3) is 0 Å². The van der Waals surface area contributed by atoms with Crippen molar-refractivity contribution in [3.05, 3.63) is 28.2 Å². The molecular formula is C12H13BBrNO4. The smallest absolute Gasteiger partial charge is 0.494 e. The molecule has 0 aromatic heterocycles. The summed E-state index contributed by atoms with van der Waals surface area (Å²) in [5, 5.41) is 0. The van der Waals surface area contributed by atoms with Crippen LogP contribution in [0, 0.1) is 6.92 Å². The molecule has 1 saturated heterocycles. The first-order chi connectivity index (χ1) is 8.95. The van der Waals surface area contributed by atoms with Crippen molar-refractivity contribution in [2.45, 2.75) is 6.92 Å². The molecular weight excluding hydrogens is 313 g/mol. The molecule has 0 aliphatic carbocycles.